The van der Waals surface area contributed by atoms with Gasteiger partial charge in [-0.3, -0.25) is 9.59 Å². The van der Waals surface area contributed by atoms with E-state index < -0.39 is 0 Å². The second-order valence-corrected chi connectivity index (χ2v) is 11.4. The van der Waals surface area contributed by atoms with Crippen molar-refractivity contribution in [2.24, 2.45) is 0 Å². The molecule has 2 saturated heterocycles. The number of nitrogens with zero attached hydrogens (tertiary/aromatic N) is 3. The summed E-state index contributed by atoms with van der Waals surface area (Å²) in [5.41, 5.74) is 11.3. The van der Waals surface area contributed by atoms with E-state index in [9.17, 15) is 9.59 Å². The standard InChI is InChI=1S/C33H39N7O2.C2H6/c34-23-5-7-24(8-6-23)37-33-27-11-9-25(35-31(41)13-19-39-15-1-2-16-39)21-29(27)38-30-22-26(10-12-28(30)33)36-32(42)14-20-40-17-3-4-18-40;1-2/h5-12,21-22H,1-4,13-20,34H2,(H,35,41)(H,36,42)(H,37,38);1-2H3. The highest BCUT2D eigenvalue weighted by atomic mass is 16.2. The first kappa shape index (κ1) is 31.2. The molecular weight excluding hydrogens is 550 g/mol. The van der Waals surface area contributed by atoms with E-state index in [4.69, 9.17) is 10.7 Å². The van der Waals surface area contributed by atoms with E-state index in [1.54, 1.807) is 0 Å². The van der Waals surface area contributed by atoms with Gasteiger partial charge in [0, 0.05) is 59.5 Å². The van der Waals surface area contributed by atoms with Gasteiger partial charge >= 0.3 is 0 Å². The van der Waals surface area contributed by atoms with Gasteiger partial charge in [0.15, 0.2) is 0 Å². The molecule has 44 heavy (non-hydrogen) atoms. The van der Waals surface area contributed by atoms with Gasteiger partial charge < -0.3 is 31.5 Å². The van der Waals surface area contributed by atoms with E-state index in [-0.39, 0.29) is 11.8 Å². The molecule has 3 aromatic carbocycles. The Bertz CT molecular complexity index is 1480. The Morgan fingerprint density at radius 1 is 0.682 bits per heavy atom. The van der Waals surface area contributed by atoms with Crippen molar-refractivity contribution in [3.63, 3.8) is 0 Å². The molecule has 0 aliphatic carbocycles. The Balaban J connectivity index is 0.00000188. The monoisotopic (exact) mass is 595 g/mol. The van der Waals surface area contributed by atoms with Crippen LogP contribution in [0.25, 0.3) is 21.8 Å². The summed E-state index contributed by atoms with van der Waals surface area (Å²) in [7, 11) is 0. The zero-order valence-electron chi connectivity index (χ0n) is 26.0. The molecule has 2 aliphatic heterocycles. The average Bonchev–Trinajstić information content (AvgIpc) is 3.76. The molecule has 1 aromatic heterocycles. The van der Waals surface area contributed by atoms with Crippen LogP contribution >= 0.6 is 0 Å². The maximum atomic E-state index is 12.7. The van der Waals surface area contributed by atoms with Gasteiger partial charge in [-0.05, 0) is 113 Å². The lowest BCUT2D eigenvalue weighted by atomic mass is 10.1. The topological polar surface area (TPSA) is 116 Å². The van der Waals surface area contributed by atoms with Crippen LogP contribution in [0.15, 0.2) is 60.7 Å². The summed E-state index contributed by atoms with van der Waals surface area (Å²) < 4.78 is 0. The summed E-state index contributed by atoms with van der Waals surface area (Å²) in [5.74, 6) is 0.00221. The second-order valence-electron chi connectivity index (χ2n) is 11.4. The van der Waals surface area contributed by atoms with Crippen molar-refractivity contribution in [1.29, 1.82) is 0 Å². The summed E-state index contributed by atoms with van der Waals surface area (Å²) in [6.07, 6.45) is 5.78. The number of carbonyl (C=O) groups is 2. The molecule has 4 aromatic rings. The summed E-state index contributed by atoms with van der Waals surface area (Å²) in [6.45, 7) is 9.86. The predicted octanol–water partition coefficient (Wildman–Crippen LogP) is 6.59. The molecule has 232 valence electrons. The van der Waals surface area contributed by atoms with Crippen LogP contribution in [0.2, 0.25) is 0 Å². The van der Waals surface area contributed by atoms with Crippen molar-refractivity contribution < 1.29 is 9.59 Å². The quantitative estimate of drug-likeness (QED) is 0.121. The van der Waals surface area contributed by atoms with Crippen LogP contribution in [0, 0.1) is 0 Å². The van der Waals surface area contributed by atoms with Gasteiger partial charge in [0.05, 0.1) is 16.7 Å². The SMILES string of the molecule is CC.Nc1ccc(Nc2c3ccc(NC(=O)CCN4CCCC4)cc3nc3cc(NC(=O)CCN4CCCC4)ccc23)cc1. The van der Waals surface area contributed by atoms with Crippen LogP contribution < -0.4 is 21.7 Å². The maximum Gasteiger partial charge on any atom is 0.225 e. The Hall–Kier alpha value is -4.21. The number of carbonyl (C=O) groups excluding carboxylic acids is 2. The molecule has 9 heteroatoms. The van der Waals surface area contributed by atoms with Gasteiger partial charge in [-0.2, -0.15) is 0 Å². The first-order chi connectivity index (χ1) is 21.5. The first-order valence-corrected chi connectivity index (χ1v) is 16.0. The lowest BCUT2D eigenvalue weighted by Crippen LogP contribution is -2.25. The number of amides is 2. The van der Waals surface area contributed by atoms with Crippen molar-refractivity contribution in [3.05, 3.63) is 60.7 Å². The van der Waals surface area contributed by atoms with E-state index in [1.165, 1.54) is 25.7 Å². The van der Waals surface area contributed by atoms with Gasteiger partial charge in [-0.1, -0.05) is 13.8 Å². The number of rotatable bonds is 10. The second kappa shape index (κ2) is 15.0. The molecule has 0 spiro atoms. The smallest absolute Gasteiger partial charge is 0.225 e. The number of benzene rings is 3. The first-order valence-electron chi connectivity index (χ1n) is 16.0. The van der Waals surface area contributed by atoms with Crippen molar-refractivity contribution in [3.8, 4) is 0 Å². The largest absolute Gasteiger partial charge is 0.399 e. The van der Waals surface area contributed by atoms with Crippen LogP contribution in [-0.2, 0) is 9.59 Å². The van der Waals surface area contributed by atoms with E-state index >= 15 is 0 Å². The van der Waals surface area contributed by atoms with Gasteiger partial charge in [-0.15, -0.1) is 0 Å². The fraction of sp³-hybridized carbons (Fsp3) is 0.400. The average molecular weight is 596 g/mol. The molecule has 2 fully saturated rings. The van der Waals surface area contributed by atoms with Crippen molar-refractivity contribution in [2.45, 2.75) is 52.4 Å². The van der Waals surface area contributed by atoms with Gasteiger partial charge in [0.2, 0.25) is 11.8 Å². The van der Waals surface area contributed by atoms with E-state index in [0.717, 1.165) is 72.4 Å². The summed E-state index contributed by atoms with van der Waals surface area (Å²) >= 11 is 0. The molecule has 6 rings (SSSR count). The van der Waals surface area contributed by atoms with E-state index in [1.807, 2.05) is 74.5 Å². The minimum atomic E-state index is 0.00110. The molecule has 3 heterocycles. The van der Waals surface area contributed by atoms with Crippen LogP contribution in [0.1, 0.15) is 52.4 Å². The number of hydrogen-bond donors (Lipinski definition) is 4. The Morgan fingerprint density at radius 2 is 1.11 bits per heavy atom. The highest BCUT2D eigenvalue weighted by molar-refractivity contribution is 6.10. The maximum absolute atomic E-state index is 12.7. The van der Waals surface area contributed by atoms with Crippen LogP contribution in [0.3, 0.4) is 0 Å². The lowest BCUT2D eigenvalue weighted by Gasteiger charge is -2.16. The lowest BCUT2D eigenvalue weighted by molar-refractivity contribution is -0.117. The zero-order valence-corrected chi connectivity index (χ0v) is 26.0. The van der Waals surface area contributed by atoms with Crippen LogP contribution in [0.5, 0.6) is 0 Å². The number of anilines is 5. The third kappa shape index (κ3) is 8.03. The van der Waals surface area contributed by atoms with Crippen molar-refractivity contribution in [2.75, 3.05) is 61.0 Å². The third-order valence-corrected chi connectivity index (χ3v) is 8.23. The van der Waals surface area contributed by atoms with Gasteiger partial charge in [0.25, 0.3) is 0 Å². The summed E-state index contributed by atoms with van der Waals surface area (Å²) in [6, 6.07) is 19.3. The third-order valence-electron chi connectivity index (χ3n) is 8.23. The number of nitrogens with one attached hydrogen (secondary N) is 3. The van der Waals surface area contributed by atoms with E-state index in [2.05, 4.69) is 25.8 Å². The zero-order chi connectivity index (χ0) is 30.9. The highest BCUT2D eigenvalue weighted by Crippen LogP contribution is 2.35. The van der Waals surface area contributed by atoms with Gasteiger partial charge in [0.1, 0.15) is 0 Å². The van der Waals surface area contributed by atoms with Crippen LogP contribution in [0.4, 0.5) is 28.4 Å². The minimum Gasteiger partial charge on any atom is -0.399 e. The molecule has 0 saturated carbocycles. The molecular formula is C35H45N7O2. The van der Waals surface area contributed by atoms with Gasteiger partial charge in [-0.25, -0.2) is 4.98 Å². The highest BCUT2D eigenvalue weighted by Gasteiger charge is 2.16. The van der Waals surface area contributed by atoms with E-state index in [0.29, 0.717) is 29.9 Å². The molecule has 0 bridgehead atoms. The molecule has 0 atom stereocenters. The molecule has 2 amide bonds. The molecule has 0 unspecified atom stereocenters. The fourth-order valence-electron chi connectivity index (χ4n) is 5.93. The summed E-state index contributed by atoms with van der Waals surface area (Å²) in [4.78, 5) is 35.1. The number of fused-ring (bicyclic) bond motifs is 2. The summed E-state index contributed by atoms with van der Waals surface area (Å²) in [5, 5.41) is 11.5. The normalized spacial score (nSPS) is 15.2. The fourth-order valence-corrected chi connectivity index (χ4v) is 5.93. The number of aromatic nitrogens is 1. The number of hydrogen-bond acceptors (Lipinski definition) is 7. The number of nitrogens with two attached hydrogens (primary N) is 1. The molecule has 0 radical (unpaired) electrons. The molecule has 2 aliphatic rings. The van der Waals surface area contributed by atoms with Crippen molar-refractivity contribution in [1.82, 2.24) is 14.8 Å². The Kier molecular flexibility index (Phi) is 10.6. The van der Waals surface area contributed by atoms with Crippen LogP contribution in [-0.4, -0.2) is 65.9 Å². The Labute approximate surface area is 260 Å². The Morgan fingerprint density at radius 3 is 1.57 bits per heavy atom. The predicted molar refractivity (Wildman–Crippen MR) is 183 cm³/mol. The number of likely N-dealkylation sites (tertiary alicyclic amines) is 2. The number of nitrogen functional groups attached to an aromatic ring is 1. The molecule has 5 N–H and O–H groups in total. The minimum absolute atomic E-state index is 0.00110. The molecule has 9 nitrogen and oxygen atoms in total. The number of pyridine rings is 1. The van der Waals surface area contributed by atoms with Crippen molar-refractivity contribution >= 4 is 62.1 Å².